The smallest absolute Gasteiger partial charge is 0.338 e. The molecule has 0 fully saturated rings. The monoisotopic (exact) mass is 407 g/mol. The predicted molar refractivity (Wildman–Crippen MR) is 120 cm³/mol. The van der Waals surface area contributed by atoms with Crippen molar-refractivity contribution in [3.8, 4) is 0 Å². The molecule has 0 N–H and O–H groups in total. The van der Waals surface area contributed by atoms with Crippen LogP contribution in [-0.2, 0) is 11.3 Å². The maximum Gasteiger partial charge on any atom is 0.338 e. The number of rotatable bonds is 7. The van der Waals surface area contributed by atoms with Crippen LogP contribution in [0.5, 0.6) is 0 Å². The molecule has 0 atom stereocenters. The molecule has 0 aliphatic carbocycles. The molecular weight excluding hydrogens is 378 g/mol. The number of esters is 1. The van der Waals surface area contributed by atoms with Crippen LogP contribution in [0.1, 0.15) is 60.7 Å². The summed E-state index contributed by atoms with van der Waals surface area (Å²) in [7, 11) is 0. The first kappa shape index (κ1) is 21.6. The summed E-state index contributed by atoms with van der Waals surface area (Å²) in [4.78, 5) is 26.8. The summed E-state index contributed by atoms with van der Waals surface area (Å²) in [5, 5.41) is 0.800. The highest BCUT2D eigenvalue weighted by Crippen LogP contribution is 2.27. The first-order valence-corrected chi connectivity index (χ1v) is 10.4. The molecule has 0 saturated carbocycles. The lowest BCUT2D eigenvalue weighted by atomic mass is 9.95. The molecule has 158 valence electrons. The van der Waals surface area contributed by atoms with E-state index in [2.05, 4.69) is 32.6 Å². The molecule has 1 aromatic heterocycles. The van der Waals surface area contributed by atoms with Gasteiger partial charge in [0.2, 0.25) is 0 Å². The molecule has 0 unspecified atom stereocenters. The maximum absolute atomic E-state index is 12.6. The van der Waals surface area contributed by atoms with Crippen molar-refractivity contribution in [3.63, 3.8) is 0 Å². The summed E-state index contributed by atoms with van der Waals surface area (Å²) in [6.45, 7) is 12.3. The van der Waals surface area contributed by atoms with E-state index in [0.29, 0.717) is 22.6 Å². The van der Waals surface area contributed by atoms with Crippen LogP contribution >= 0.6 is 0 Å². The van der Waals surface area contributed by atoms with E-state index in [4.69, 9.17) is 9.15 Å². The summed E-state index contributed by atoms with van der Waals surface area (Å²) < 4.78 is 10.9. The first-order valence-electron chi connectivity index (χ1n) is 10.4. The molecule has 0 saturated heterocycles. The van der Waals surface area contributed by atoms with Crippen molar-refractivity contribution < 1.29 is 13.9 Å². The number of aryl methyl sites for hydroxylation is 1. The third kappa shape index (κ3) is 4.56. The average molecular weight is 408 g/mol. The van der Waals surface area contributed by atoms with Gasteiger partial charge in [-0.2, -0.15) is 0 Å². The van der Waals surface area contributed by atoms with Gasteiger partial charge in [0, 0.05) is 35.8 Å². The van der Waals surface area contributed by atoms with Gasteiger partial charge >= 0.3 is 11.6 Å². The Morgan fingerprint density at radius 2 is 1.73 bits per heavy atom. The van der Waals surface area contributed by atoms with E-state index in [1.54, 1.807) is 12.1 Å². The summed E-state index contributed by atoms with van der Waals surface area (Å²) >= 11 is 0. The SMILES string of the molecule is CCN(CC)c1ccc(C(=O)OCc2cc(=O)oc3cc(C)c(C(C)C)cc23)cc1. The Bertz CT molecular complexity index is 1090. The van der Waals surface area contributed by atoms with Crippen molar-refractivity contribution in [2.45, 2.75) is 47.1 Å². The lowest BCUT2D eigenvalue weighted by Gasteiger charge is -2.21. The number of carbonyl (C=O) groups excluding carboxylic acids is 1. The second kappa shape index (κ2) is 9.16. The Morgan fingerprint density at radius 1 is 1.07 bits per heavy atom. The number of nitrogens with zero attached hydrogens (tertiary/aromatic N) is 1. The minimum atomic E-state index is -0.450. The standard InChI is InChI=1S/C25H29NO4/c1-6-26(7-2)20-10-8-18(9-11-20)25(28)29-15-19-13-24(27)30-23-12-17(5)21(16(3)4)14-22(19)23/h8-14,16H,6-7,15H2,1-5H3. The van der Waals surface area contributed by atoms with Crippen molar-refractivity contribution in [2.75, 3.05) is 18.0 Å². The average Bonchev–Trinajstić information content (AvgIpc) is 2.72. The van der Waals surface area contributed by atoms with Gasteiger partial charge in [0.15, 0.2) is 0 Å². The van der Waals surface area contributed by atoms with Crippen LogP contribution in [0.3, 0.4) is 0 Å². The van der Waals surface area contributed by atoms with E-state index in [1.807, 2.05) is 31.2 Å². The molecule has 3 rings (SSSR count). The summed E-state index contributed by atoms with van der Waals surface area (Å²) in [6.07, 6.45) is 0. The van der Waals surface area contributed by atoms with Crippen LogP contribution in [-0.4, -0.2) is 19.1 Å². The zero-order valence-electron chi connectivity index (χ0n) is 18.3. The van der Waals surface area contributed by atoms with Gasteiger partial charge < -0.3 is 14.1 Å². The van der Waals surface area contributed by atoms with E-state index in [1.165, 1.54) is 11.6 Å². The molecule has 0 radical (unpaired) electrons. The van der Waals surface area contributed by atoms with E-state index < -0.39 is 11.6 Å². The molecule has 0 aliphatic heterocycles. The second-order valence-corrected chi connectivity index (χ2v) is 7.75. The topological polar surface area (TPSA) is 59.8 Å². The number of ether oxygens (including phenoxy) is 1. The van der Waals surface area contributed by atoms with Gasteiger partial charge in [0.1, 0.15) is 12.2 Å². The van der Waals surface area contributed by atoms with Gasteiger partial charge in [-0.3, -0.25) is 0 Å². The zero-order valence-corrected chi connectivity index (χ0v) is 18.3. The van der Waals surface area contributed by atoms with E-state index >= 15 is 0 Å². The molecule has 2 aromatic carbocycles. The molecule has 0 aliphatic rings. The van der Waals surface area contributed by atoms with Crippen LogP contribution in [0, 0.1) is 6.92 Å². The Kier molecular flexibility index (Phi) is 6.60. The predicted octanol–water partition coefficient (Wildman–Crippen LogP) is 5.43. The molecule has 0 amide bonds. The summed E-state index contributed by atoms with van der Waals surface area (Å²) in [6, 6.07) is 12.7. The Balaban J connectivity index is 1.83. The van der Waals surface area contributed by atoms with Gasteiger partial charge in [-0.1, -0.05) is 13.8 Å². The molecule has 30 heavy (non-hydrogen) atoms. The van der Waals surface area contributed by atoms with Crippen LogP contribution in [0.15, 0.2) is 51.7 Å². The van der Waals surface area contributed by atoms with Crippen molar-refractivity contribution in [2.24, 2.45) is 0 Å². The Hall–Kier alpha value is -3.08. The molecule has 0 spiro atoms. The molecular formula is C25H29NO4. The van der Waals surface area contributed by atoms with Gasteiger partial charge in [0.05, 0.1) is 5.56 Å². The van der Waals surface area contributed by atoms with Crippen molar-refractivity contribution in [1.82, 2.24) is 0 Å². The van der Waals surface area contributed by atoms with E-state index in [9.17, 15) is 9.59 Å². The lowest BCUT2D eigenvalue weighted by molar-refractivity contribution is 0.0474. The third-order valence-corrected chi connectivity index (χ3v) is 5.43. The number of hydrogen-bond acceptors (Lipinski definition) is 5. The van der Waals surface area contributed by atoms with Gasteiger partial charge in [-0.15, -0.1) is 0 Å². The fourth-order valence-electron chi connectivity index (χ4n) is 3.76. The number of anilines is 1. The van der Waals surface area contributed by atoms with Crippen LogP contribution in [0.25, 0.3) is 11.0 Å². The minimum Gasteiger partial charge on any atom is -0.457 e. The Morgan fingerprint density at radius 3 is 2.33 bits per heavy atom. The van der Waals surface area contributed by atoms with Crippen LogP contribution < -0.4 is 10.5 Å². The third-order valence-electron chi connectivity index (χ3n) is 5.43. The molecule has 1 heterocycles. The normalized spacial score (nSPS) is 11.1. The van der Waals surface area contributed by atoms with Crippen LogP contribution in [0.4, 0.5) is 5.69 Å². The highest BCUT2D eigenvalue weighted by Gasteiger charge is 2.14. The molecule has 0 bridgehead atoms. The highest BCUT2D eigenvalue weighted by atomic mass is 16.5. The highest BCUT2D eigenvalue weighted by molar-refractivity contribution is 5.90. The minimum absolute atomic E-state index is 0.0132. The van der Waals surface area contributed by atoms with E-state index in [0.717, 1.165) is 29.7 Å². The Labute approximate surface area is 177 Å². The van der Waals surface area contributed by atoms with Crippen molar-refractivity contribution in [1.29, 1.82) is 0 Å². The van der Waals surface area contributed by atoms with Gasteiger partial charge in [-0.05, 0) is 74.2 Å². The second-order valence-electron chi connectivity index (χ2n) is 7.75. The largest absolute Gasteiger partial charge is 0.457 e. The summed E-state index contributed by atoms with van der Waals surface area (Å²) in [5.74, 6) is -0.0836. The van der Waals surface area contributed by atoms with Crippen LogP contribution in [0.2, 0.25) is 0 Å². The maximum atomic E-state index is 12.6. The fourth-order valence-corrected chi connectivity index (χ4v) is 3.76. The number of hydrogen-bond donors (Lipinski definition) is 0. The fraction of sp³-hybridized carbons (Fsp3) is 0.360. The number of carbonyl (C=O) groups is 1. The lowest BCUT2D eigenvalue weighted by Crippen LogP contribution is -2.21. The quantitative estimate of drug-likeness (QED) is 0.386. The first-order chi connectivity index (χ1) is 14.3. The number of benzene rings is 2. The van der Waals surface area contributed by atoms with Crippen molar-refractivity contribution in [3.05, 3.63) is 75.1 Å². The van der Waals surface area contributed by atoms with Gasteiger partial charge in [-0.25, -0.2) is 9.59 Å². The molecule has 3 aromatic rings. The van der Waals surface area contributed by atoms with Gasteiger partial charge in [0.25, 0.3) is 0 Å². The van der Waals surface area contributed by atoms with Crippen molar-refractivity contribution >= 4 is 22.6 Å². The van der Waals surface area contributed by atoms with E-state index in [-0.39, 0.29) is 6.61 Å². The molecule has 5 heteroatoms. The summed E-state index contributed by atoms with van der Waals surface area (Å²) in [5.41, 5.74) is 4.51. The molecule has 5 nitrogen and oxygen atoms in total. The number of fused-ring (bicyclic) bond motifs is 1. The zero-order chi connectivity index (χ0) is 21.8.